The molecule has 2 aliphatic heterocycles. The number of hydrogen-bond acceptors (Lipinski definition) is 6. The van der Waals surface area contributed by atoms with E-state index >= 15 is 0 Å². The Morgan fingerprint density at radius 3 is 1.67 bits per heavy atom. The summed E-state index contributed by atoms with van der Waals surface area (Å²) in [5.41, 5.74) is 6.35. The number of likely N-dealkylation sites (tertiary alicyclic amines) is 2. The van der Waals surface area contributed by atoms with Crippen LogP contribution < -0.4 is 5.32 Å². The van der Waals surface area contributed by atoms with E-state index < -0.39 is 18.2 Å². The molecule has 13 nitrogen and oxygen atoms in total. The first kappa shape index (κ1) is 36.1. The number of nitrogens with one attached hydrogen (secondary N) is 3. The van der Waals surface area contributed by atoms with Crippen molar-refractivity contribution in [2.24, 2.45) is 0 Å². The summed E-state index contributed by atoms with van der Waals surface area (Å²) in [7, 11) is 1.43. The van der Waals surface area contributed by atoms with Gasteiger partial charge in [-0.1, -0.05) is 78.9 Å². The van der Waals surface area contributed by atoms with Gasteiger partial charge < -0.3 is 30.2 Å². The summed E-state index contributed by atoms with van der Waals surface area (Å²) < 4.78 is 0. The van der Waals surface area contributed by atoms with Crippen LogP contribution in [0.2, 0.25) is 0 Å². The molecule has 7 rings (SSSR count). The van der Waals surface area contributed by atoms with Gasteiger partial charge in [0.25, 0.3) is 5.91 Å². The number of hydrogen-bond donors (Lipinski definition) is 4. The molecule has 4 amide bonds. The topological polar surface area (TPSA) is 168 Å². The van der Waals surface area contributed by atoms with E-state index in [0.717, 1.165) is 70.0 Å². The fraction of sp³-hybridized carbons (Fsp3) is 0.317. The number of likely N-dealkylation sites (N-methyl/N-ethyl adjacent to an activating group) is 1. The number of amides is 4. The van der Waals surface area contributed by atoms with Crippen LogP contribution in [0.1, 0.15) is 74.9 Å². The average Bonchev–Trinajstić information content (AvgIpc) is 4.02. The zero-order chi connectivity index (χ0) is 37.9. The highest BCUT2D eigenvalue weighted by Crippen LogP contribution is 2.36. The molecule has 4 N–H and O–H groups in total. The van der Waals surface area contributed by atoms with Crippen LogP contribution in [0.25, 0.3) is 33.6 Å². The molecule has 0 radical (unpaired) electrons. The number of aromatic amines is 2. The molecule has 0 bridgehead atoms. The molecule has 278 valence electrons. The van der Waals surface area contributed by atoms with Crippen molar-refractivity contribution in [2.45, 2.75) is 63.7 Å². The van der Waals surface area contributed by atoms with Crippen molar-refractivity contribution in [3.05, 3.63) is 108 Å². The zero-order valence-corrected chi connectivity index (χ0v) is 30.5. The van der Waals surface area contributed by atoms with E-state index in [0.29, 0.717) is 24.5 Å². The lowest BCUT2D eigenvalue weighted by molar-refractivity contribution is -0.137. The van der Waals surface area contributed by atoms with E-state index in [2.05, 4.69) is 49.5 Å². The summed E-state index contributed by atoms with van der Waals surface area (Å²) in [6, 6.07) is 23.4. The Balaban J connectivity index is 1.02. The SMILES string of the molecule is CC(=O)N[C@@H](C)C(=O)N1CCC[C@H]1c1ncc(-c2ccc(-c3ccc(-c4cnc([C@@H]5CCCN5C(=O)[C@@H](c5ccccc5)N(C)C(=O)O)[nH]4)cc3)cc2)[nH]1. The van der Waals surface area contributed by atoms with Crippen LogP contribution in [0.4, 0.5) is 4.79 Å². The van der Waals surface area contributed by atoms with Gasteiger partial charge in [-0.3, -0.25) is 19.3 Å². The number of carboxylic acid groups (broad SMARTS) is 1. The van der Waals surface area contributed by atoms with E-state index in [9.17, 15) is 24.3 Å². The first-order valence-electron chi connectivity index (χ1n) is 18.3. The van der Waals surface area contributed by atoms with Gasteiger partial charge in [0, 0.05) is 27.1 Å². The van der Waals surface area contributed by atoms with Gasteiger partial charge in [0.05, 0.1) is 35.9 Å². The molecule has 4 heterocycles. The zero-order valence-electron chi connectivity index (χ0n) is 30.5. The molecular weight excluding hydrogens is 685 g/mol. The molecule has 0 saturated carbocycles. The van der Waals surface area contributed by atoms with Crippen LogP contribution in [-0.4, -0.2) is 89.7 Å². The highest BCUT2D eigenvalue weighted by atomic mass is 16.4. The van der Waals surface area contributed by atoms with Gasteiger partial charge in [-0.15, -0.1) is 0 Å². The second kappa shape index (κ2) is 15.4. The average molecular weight is 729 g/mol. The van der Waals surface area contributed by atoms with Crippen LogP contribution in [0.3, 0.4) is 0 Å². The molecule has 5 aromatic rings. The Kier molecular flexibility index (Phi) is 10.3. The number of nitrogens with zero attached hydrogens (tertiary/aromatic N) is 5. The highest BCUT2D eigenvalue weighted by molar-refractivity contribution is 5.88. The Hall–Kier alpha value is -6.24. The third kappa shape index (κ3) is 7.34. The van der Waals surface area contributed by atoms with Crippen LogP contribution in [-0.2, 0) is 14.4 Å². The Morgan fingerprint density at radius 2 is 1.20 bits per heavy atom. The summed E-state index contributed by atoms with van der Waals surface area (Å²) in [4.78, 5) is 71.2. The Morgan fingerprint density at radius 1 is 0.741 bits per heavy atom. The third-order valence-electron chi connectivity index (χ3n) is 10.4. The quantitative estimate of drug-likeness (QED) is 0.130. The fourth-order valence-electron chi connectivity index (χ4n) is 7.67. The third-order valence-corrected chi connectivity index (χ3v) is 10.4. The maximum absolute atomic E-state index is 13.9. The van der Waals surface area contributed by atoms with Gasteiger partial charge in [0.1, 0.15) is 23.7 Å². The minimum atomic E-state index is -1.17. The molecule has 54 heavy (non-hydrogen) atoms. The normalized spacial score (nSPS) is 18.0. The first-order chi connectivity index (χ1) is 26.1. The van der Waals surface area contributed by atoms with Crippen molar-refractivity contribution in [3.63, 3.8) is 0 Å². The van der Waals surface area contributed by atoms with Crippen LogP contribution in [0.5, 0.6) is 0 Å². The van der Waals surface area contributed by atoms with E-state index in [1.165, 1.54) is 14.0 Å². The smallest absolute Gasteiger partial charge is 0.407 e. The second-order valence-electron chi connectivity index (χ2n) is 14.0. The molecule has 0 unspecified atom stereocenters. The highest BCUT2D eigenvalue weighted by Gasteiger charge is 2.39. The molecule has 4 atom stereocenters. The largest absolute Gasteiger partial charge is 0.465 e. The van der Waals surface area contributed by atoms with Crippen LogP contribution in [0.15, 0.2) is 91.3 Å². The lowest BCUT2D eigenvalue weighted by Crippen LogP contribution is -2.46. The summed E-state index contributed by atoms with van der Waals surface area (Å²) in [5, 5.41) is 12.5. The summed E-state index contributed by atoms with van der Waals surface area (Å²) in [6.45, 7) is 4.26. The summed E-state index contributed by atoms with van der Waals surface area (Å²) in [5.74, 6) is 0.804. The van der Waals surface area contributed by atoms with Gasteiger partial charge in [0.15, 0.2) is 0 Å². The lowest BCUT2D eigenvalue weighted by Gasteiger charge is -2.32. The maximum atomic E-state index is 13.9. The van der Waals surface area contributed by atoms with Crippen molar-refractivity contribution in [1.82, 2.24) is 40.0 Å². The predicted molar refractivity (Wildman–Crippen MR) is 203 cm³/mol. The summed E-state index contributed by atoms with van der Waals surface area (Å²) >= 11 is 0. The monoisotopic (exact) mass is 728 g/mol. The molecule has 2 aliphatic rings. The number of carbonyl (C=O) groups is 4. The molecule has 3 aromatic carbocycles. The van der Waals surface area contributed by atoms with E-state index in [1.807, 2.05) is 30.3 Å². The number of benzene rings is 3. The Labute approximate surface area is 313 Å². The molecule has 2 fully saturated rings. The molecule has 0 spiro atoms. The van der Waals surface area contributed by atoms with Gasteiger partial charge >= 0.3 is 6.09 Å². The van der Waals surface area contributed by atoms with Gasteiger partial charge in [0.2, 0.25) is 11.8 Å². The number of carbonyl (C=O) groups excluding carboxylic acids is 3. The van der Waals surface area contributed by atoms with Crippen molar-refractivity contribution in [2.75, 3.05) is 20.1 Å². The standard InChI is InChI=1S/C41H44N8O5/c1-25(44-26(2)50)39(51)48-21-7-11-34(48)37-42-23-32(45-37)29-17-13-27(14-18-29)28-15-19-30(20-16-28)33-24-43-38(46-33)35-12-8-22-49(35)40(52)36(47(3)41(53)54)31-9-5-4-6-10-31/h4-6,9-10,13-20,23-25,34-36H,7-8,11-12,21-22H2,1-3H3,(H,42,45)(H,43,46)(H,44,50)(H,53,54)/t25-,34-,35-,36+/m0/s1. The van der Waals surface area contributed by atoms with Crippen LogP contribution in [0, 0.1) is 0 Å². The van der Waals surface area contributed by atoms with Gasteiger partial charge in [-0.25, -0.2) is 14.8 Å². The molecule has 2 aromatic heterocycles. The fourth-order valence-corrected chi connectivity index (χ4v) is 7.67. The number of imidazole rings is 2. The minimum Gasteiger partial charge on any atom is -0.465 e. The van der Waals surface area contributed by atoms with Gasteiger partial charge in [-0.05, 0) is 60.4 Å². The first-order valence-corrected chi connectivity index (χ1v) is 18.3. The number of H-pyrrole nitrogens is 2. The molecule has 0 aliphatic carbocycles. The predicted octanol–water partition coefficient (Wildman–Crippen LogP) is 6.34. The lowest BCUT2D eigenvalue weighted by atomic mass is 10.0. The van der Waals surface area contributed by atoms with Crippen molar-refractivity contribution < 1.29 is 24.3 Å². The van der Waals surface area contributed by atoms with E-state index in [-0.39, 0.29) is 29.8 Å². The van der Waals surface area contributed by atoms with Gasteiger partial charge in [-0.2, -0.15) is 0 Å². The number of aromatic nitrogens is 4. The Bertz CT molecular complexity index is 2130. The second-order valence-corrected chi connectivity index (χ2v) is 14.0. The molecular formula is C41H44N8O5. The minimum absolute atomic E-state index is 0.110. The maximum Gasteiger partial charge on any atom is 0.407 e. The van der Waals surface area contributed by atoms with E-state index in [4.69, 9.17) is 0 Å². The van der Waals surface area contributed by atoms with Crippen molar-refractivity contribution >= 4 is 23.8 Å². The molecule has 2 saturated heterocycles. The number of rotatable bonds is 10. The van der Waals surface area contributed by atoms with Crippen molar-refractivity contribution in [1.29, 1.82) is 0 Å². The van der Waals surface area contributed by atoms with Crippen molar-refractivity contribution in [3.8, 4) is 33.6 Å². The van der Waals surface area contributed by atoms with Crippen LogP contribution >= 0.6 is 0 Å². The molecule has 13 heteroatoms. The summed E-state index contributed by atoms with van der Waals surface area (Å²) in [6.07, 6.45) is 5.61. The van der Waals surface area contributed by atoms with E-state index in [1.54, 1.807) is 53.4 Å².